The van der Waals surface area contributed by atoms with E-state index in [4.69, 9.17) is 0 Å². The van der Waals surface area contributed by atoms with Gasteiger partial charge in [0.2, 0.25) is 5.91 Å². The van der Waals surface area contributed by atoms with E-state index in [-0.39, 0.29) is 0 Å². The summed E-state index contributed by atoms with van der Waals surface area (Å²) in [6.45, 7) is 0.957. The van der Waals surface area contributed by atoms with Crippen molar-refractivity contribution in [3.8, 4) is 22.3 Å². The number of rotatable bonds is 3. The molecule has 1 heterocycles. The Morgan fingerprint density at radius 2 is 1.09 bits per heavy atom. The van der Waals surface area contributed by atoms with Crippen LogP contribution < -0.4 is 0 Å². The molecular formula is C31H31NO2. The Bertz CT molecular complexity index is 1090. The van der Waals surface area contributed by atoms with Gasteiger partial charge in [-0.2, -0.15) is 0 Å². The average Bonchev–Trinajstić information content (AvgIpc) is 2.93. The third-order valence-corrected chi connectivity index (χ3v) is 5.57. The molecule has 1 aliphatic rings. The van der Waals surface area contributed by atoms with Gasteiger partial charge in [0, 0.05) is 25.6 Å². The molecule has 0 saturated carbocycles. The molecule has 0 spiro atoms. The molecule has 5 rings (SSSR count). The molecule has 1 amide bonds. The molecule has 3 nitrogen and oxygen atoms in total. The summed E-state index contributed by atoms with van der Waals surface area (Å²) in [5.74, 6) is 0.302. The van der Waals surface area contributed by atoms with Gasteiger partial charge in [0.25, 0.3) is 0 Å². The molecule has 0 atom stereocenters. The number of hydrogen-bond acceptors (Lipinski definition) is 2. The van der Waals surface area contributed by atoms with Gasteiger partial charge in [0.1, 0.15) is 6.29 Å². The molecule has 4 aromatic carbocycles. The maximum Gasteiger partial charge on any atom is 0.222 e. The summed E-state index contributed by atoms with van der Waals surface area (Å²) in [6.07, 6.45) is 3.86. The number of carbonyl (C=O) groups is 2. The number of piperidine rings is 1. The quantitative estimate of drug-likeness (QED) is 0.312. The minimum absolute atomic E-state index is 0.302. The minimum Gasteiger partial charge on any atom is -0.346 e. The first kappa shape index (κ1) is 24.7. The Morgan fingerprint density at radius 3 is 1.47 bits per heavy atom. The van der Waals surface area contributed by atoms with Crippen molar-refractivity contribution in [2.45, 2.75) is 19.3 Å². The fourth-order valence-corrected chi connectivity index (χ4v) is 3.61. The van der Waals surface area contributed by atoms with E-state index in [0.717, 1.165) is 31.2 Å². The lowest BCUT2D eigenvalue weighted by Gasteiger charge is -2.21. The maximum absolute atomic E-state index is 10.7. The summed E-state index contributed by atoms with van der Waals surface area (Å²) >= 11 is 0. The van der Waals surface area contributed by atoms with Gasteiger partial charge < -0.3 is 4.90 Å². The van der Waals surface area contributed by atoms with Crippen molar-refractivity contribution in [3.63, 3.8) is 0 Å². The van der Waals surface area contributed by atoms with E-state index < -0.39 is 0 Å². The smallest absolute Gasteiger partial charge is 0.222 e. The molecule has 0 unspecified atom stereocenters. The Kier molecular flexibility index (Phi) is 9.82. The van der Waals surface area contributed by atoms with Crippen molar-refractivity contribution >= 4 is 12.2 Å². The summed E-state index contributed by atoms with van der Waals surface area (Å²) in [5, 5.41) is 0. The van der Waals surface area contributed by atoms with Crippen molar-refractivity contribution in [2.75, 3.05) is 13.6 Å². The maximum atomic E-state index is 10.7. The van der Waals surface area contributed by atoms with Gasteiger partial charge in [-0.3, -0.25) is 9.59 Å². The van der Waals surface area contributed by atoms with Crippen molar-refractivity contribution in [1.82, 2.24) is 4.90 Å². The molecular weight excluding hydrogens is 418 g/mol. The molecule has 1 saturated heterocycles. The monoisotopic (exact) mass is 449 g/mol. The SMILES string of the molecule is CN1CCCCC1=O.O=Cc1ccccc1.c1ccc(-c2cccc(-c3ccccc3)c2)cc1. The van der Waals surface area contributed by atoms with E-state index in [9.17, 15) is 9.59 Å². The Labute approximate surface area is 202 Å². The predicted molar refractivity (Wildman–Crippen MR) is 141 cm³/mol. The Morgan fingerprint density at radius 1 is 0.618 bits per heavy atom. The molecule has 0 radical (unpaired) electrons. The zero-order chi connectivity index (χ0) is 24.0. The number of nitrogens with zero attached hydrogens (tertiary/aromatic N) is 1. The Balaban J connectivity index is 0.000000168. The molecule has 3 heteroatoms. The van der Waals surface area contributed by atoms with Crippen LogP contribution in [0.4, 0.5) is 0 Å². The van der Waals surface area contributed by atoms with Gasteiger partial charge >= 0.3 is 0 Å². The van der Waals surface area contributed by atoms with Gasteiger partial charge in [-0.15, -0.1) is 0 Å². The van der Waals surface area contributed by atoms with Crippen LogP contribution in [-0.4, -0.2) is 30.7 Å². The molecule has 34 heavy (non-hydrogen) atoms. The highest BCUT2D eigenvalue weighted by Gasteiger charge is 2.12. The molecule has 0 bridgehead atoms. The third-order valence-electron chi connectivity index (χ3n) is 5.57. The van der Waals surface area contributed by atoms with Crippen molar-refractivity contribution < 1.29 is 9.59 Å². The standard InChI is InChI=1S/C18H14.C7H6O.C6H11NO/c1-3-8-15(9-4-1)17-12-7-13-18(14-17)16-10-5-2-6-11-16;8-6-7-4-2-1-3-5-7;1-7-5-3-2-4-6(7)8/h1-14H;1-6H;2-5H2,1H3. The van der Waals surface area contributed by atoms with Crippen molar-refractivity contribution in [3.05, 3.63) is 121 Å². The first-order chi connectivity index (χ1) is 16.7. The van der Waals surface area contributed by atoms with Crippen LogP contribution in [0, 0.1) is 0 Å². The number of amides is 1. The summed E-state index contributed by atoms with van der Waals surface area (Å²) < 4.78 is 0. The van der Waals surface area contributed by atoms with Crippen LogP contribution in [0.1, 0.15) is 29.6 Å². The highest BCUT2D eigenvalue weighted by atomic mass is 16.2. The zero-order valence-electron chi connectivity index (χ0n) is 19.6. The highest BCUT2D eigenvalue weighted by Crippen LogP contribution is 2.25. The number of carbonyl (C=O) groups excluding carboxylic acids is 2. The first-order valence-electron chi connectivity index (χ1n) is 11.6. The second kappa shape index (κ2) is 13.5. The minimum atomic E-state index is 0.302. The van der Waals surface area contributed by atoms with Crippen LogP contribution in [0.2, 0.25) is 0 Å². The topological polar surface area (TPSA) is 37.4 Å². The number of benzene rings is 4. The van der Waals surface area contributed by atoms with Crippen LogP contribution >= 0.6 is 0 Å². The Hall–Kier alpha value is -3.98. The fourth-order valence-electron chi connectivity index (χ4n) is 3.61. The largest absolute Gasteiger partial charge is 0.346 e. The summed E-state index contributed by atoms with van der Waals surface area (Å²) in [5.41, 5.74) is 5.77. The van der Waals surface area contributed by atoms with Gasteiger partial charge in [0.05, 0.1) is 0 Å². The van der Waals surface area contributed by atoms with Gasteiger partial charge in [0.15, 0.2) is 0 Å². The van der Waals surface area contributed by atoms with E-state index in [1.807, 2.05) is 37.4 Å². The lowest BCUT2D eigenvalue weighted by molar-refractivity contribution is -0.131. The number of hydrogen-bond donors (Lipinski definition) is 0. The van der Waals surface area contributed by atoms with Crippen LogP contribution in [-0.2, 0) is 4.79 Å². The lowest BCUT2D eigenvalue weighted by atomic mass is 9.99. The third kappa shape index (κ3) is 7.86. The van der Waals surface area contributed by atoms with Crippen molar-refractivity contribution in [2.24, 2.45) is 0 Å². The molecule has 0 aromatic heterocycles. The molecule has 172 valence electrons. The lowest BCUT2D eigenvalue weighted by Crippen LogP contribution is -2.31. The van der Waals surface area contributed by atoms with E-state index >= 15 is 0 Å². The van der Waals surface area contributed by atoms with Crippen LogP contribution in [0.25, 0.3) is 22.3 Å². The molecule has 0 N–H and O–H groups in total. The van der Waals surface area contributed by atoms with Crippen LogP contribution in [0.15, 0.2) is 115 Å². The van der Waals surface area contributed by atoms with Gasteiger partial charge in [-0.1, -0.05) is 109 Å². The molecule has 4 aromatic rings. The van der Waals surface area contributed by atoms with Crippen LogP contribution in [0.5, 0.6) is 0 Å². The van der Waals surface area contributed by atoms with Crippen LogP contribution in [0.3, 0.4) is 0 Å². The predicted octanol–water partition coefficient (Wildman–Crippen LogP) is 7.15. The van der Waals surface area contributed by atoms with Gasteiger partial charge in [-0.05, 0) is 41.2 Å². The summed E-state index contributed by atoms with van der Waals surface area (Å²) in [7, 11) is 1.86. The van der Waals surface area contributed by atoms with Crippen molar-refractivity contribution in [1.29, 1.82) is 0 Å². The zero-order valence-corrected chi connectivity index (χ0v) is 19.6. The van der Waals surface area contributed by atoms with E-state index in [1.165, 1.54) is 28.7 Å². The molecule has 1 aliphatic heterocycles. The number of aldehydes is 1. The fraction of sp³-hybridized carbons (Fsp3) is 0.161. The summed E-state index contributed by atoms with van der Waals surface area (Å²) in [6, 6.07) is 38.7. The average molecular weight is 450 g/mol. The molecule has 1 fully saturated rings. The number of likely N-dealkylation sites (tertiary alicyclic amines) is 1. The highest BCUT2D eigenvalue weighted by molar-refractivity contribution is 5.76. The van der Waals surface area contributed by atoms with E-state index in [1.54, 1.807) is 17.0 Å². The second-order valence-electron chi connectivity index (χ2n) is 8.11. The van der Waals surface area contributed by atoms with E-state index in [0.29, 0.717) is 5.91 Å². The van der Waals surface area contributed by atoms with Gasteiger partial charge in [-0.25, -0.2) is 0 Å². The van der Waals surface area contributed by atoms with E-state index in [2.05, 4.69) is 72.8 Å². The second-order valence-corrected chi connectivity index (χ2v) is 8.11. The normalized spacial score (nSPS) is 12.5. The first-order valence-corrected chi connectivity index (χ1v) is 11.6. The molecule has 0 aliphatic carbocycles. The summed E-state index contributed by atoms with van der Waals surface area (Å²) in [4.78, 5) is 22.5.